The van der Waals surface area contributed by atoms with Crippen molar-refractivity contribution in [1.29, 1.82) is 0 Å². The Balaban J connectivity index is 3.76. The summed E-state index contributed by atoms with van der Waals surface area (Å²) in [5.74, 6) is 0. The van der Waals surface area contributed by atoms with E-state index in [9.17, 15) is 4.57 Å². The number of rotatable bonds is 36. The summed E-state index contributed by atoms with van der Waals surface area (Å²) in [7, 11) is -4.53. The maximum absolute atomic E-state index is 11.2. The molecule has 7 heteroatoms. The van der Waals surface area contributed by atoms with E-state index < -0.39 is 13.9 Å². The van der Waals surface area contributed by atoms with Crippen LogP contribution in [0.3, 0.4) is 0 Å². The summed E-state index contributed by atoms with van der Waals surface area (Å²) in [6, 6.07) is 0. The Bertz CT molecular complexity index is 772. The second-order valence-corrected chi connectivity index (χ2v) is 13.8. The van der Waals surface area contributed by atoms with Crippen LogP contribution in [0.2, 0.25) is 0 Å². The minimum absolute atomic E-state index is 0.157. The van der Waals surface area contributed by atoms with E-state index in [1.165, 1.54) is 109 Å². The van der Waals surface area contributed by atoms with Gasteiger partial charge in [0.25, 0.3) is 0 Å². The van der Waals surface area contributed by atoms with E-state index in [-0.39, 0.29) is 6.61 Å². The van der Waals surface area contributed by atoms with E-state index in [1.54, 1.807) is 0 Å². The van der Waals surface area contributed by atoms with Gasteiger partial charge in [0.15, 0.2) is 0 Å². The van der Waals surface area contributed by atoms with Gasteiger partial charge >= 0.3 is 7.82 Å². The first kappa shape index (κ1) is 45.0. The van der Waals surface area contributed by atoms with Crippen molar-refractivity contribution < 1.29 is 28.3 Å². The number of ether oxygens (including phenoxy) is 2. The number of hydrogen-bond donors (Lipinski definition) is 2. The molecule has 1 unspecified atom stereocenters. The second kappa shape index (κ2) is 36.8. The van der Waals surface area contributed by atoms with E-state index >= 15 is 0 Å². The van der Waals surface area contributed by atoms with E-state index in [0.717, 1.165) is 44.9 Å². The molecule has 46 heavy (non-hydrogen) atoms. The van der Waals surface area contributed by atoms with Crippen LogP contribution in [0.1, 0.15) is 168 Å². The molecule has 1 atom stereocenters. The zero-order chi connectivity index (χ0) is 33.7. The quantitative estimate of drug-likeness (QED) is 0.0393. The molecule has 270 valence electrons. The van der Waals surface area contributed by atoms with Crippen molar-refractivity contribution in [3.05, 3.63) is 48.6 Å². The third-order valence-electron chi connectivity index (χ3n) is 7.92. The molecule has 6 nitrogen and oxygen atoms in total. The number of hydrogen-bond acceptors (Lipinski definition) is 4. The van der Waals surface area contributed by atoms with Crippen molar-refractivity contribution in [3.8, 4) is 0 Å². The van der Waals surface area contributed by atoms with Crippen molar-refractivity contribution in [3.63, 3.8) is 0 Å². The van der Waals surface area contributed by atoms with Crippen LogP contribution in [0.15, 0.2) is 48.6 Å². The third kappa shape index (κ3) is 39.2. The van der Waals surface area contributed by atoms with Crippen molar-refractivity contribution in [1.82, 2.24) is 0 Å². The van der Waals surface area contributed by atoms with Crippen LogP contribution in [0, 0.1) is 0 Å². The molecule has 0 aliphatic carbocycles. The number of unbranched alkanes of at least 4 members (excludes halogenated alkanes) is 18. The topological polar surface area (TPSA) is 85.2 Å². The van der Waals surface area contributed by atoms with Gasteiger partial charge < -0.3 is 19.3 Å². The van der Waals surface area contributed by atoms with E-state index in [0.29, 0.717) is 19.8 Å². The predicted octanol–water partition coefficient (Wildman–Crippen LogP) is 12.1. The molecule has 0 aromatic rings. The largest absolute Gasteiger partial charge is 0.469 e. The molecule has 0 aromatic heterocycles. The fourth-order valence-corrected chi connectivity index (χ4v) is 5.43. The van der Waals surface area contributed by atoms with E-state index in [2.05, 4.69) is 62.5 Å². The monoisotopic (exact) mass is 669 g/mol. The van der Waals surface area contributed by atoms with Gasteiger partial charge in [0.05, 0.1) is 13.2 Å². The van der Waals surface area contributed by atoms with Crippen LogP contribution >= 0.6 is 7.82 Å². The Morgan fingerprint density at radius 1 is 0.500 bits per heavy atom. The Morgan fingerprint density at radius 3 is 1.33 bits per heavy atom. The fraction of sp³-hybridized carbons (Fsp3) is 0.795. The Kier molecular flexibility index (Phi) is 36.0. The molecule has 0 aliphatic heterocycles. The van der Waals surface area contributed by atoms with Crippen LogP contribution in [0.25, 0.3) is 0 Å². The second-order valence-electron chi connectivity index (χ2n) is 12.5. The highest BCUT2D eigenvalue weighted by atomic mass is 31.2. The Morgan fingerprint density at radius 2 is 0.891 bits per heavy atom. The predicted molar refractivity (Wildman–Crippen MR) is 197 cm³/mol. The van der Waals surface area contributed by atoms with E-state index in [4.69, 9.17) is 23.8 Å². The Labute approximate surface area is 284 Å². The minimum Gasteiger partial charge on any atom is -0.379 e. The summed E-state index contributed by atoms with van der Waals surface area (Å²) in [5, 5.41) is 0. The van der Waals surface area contributed by atoms with Crippen LogP contribution in [0.4, 0.5) is 0 Å². The number of allylic oxidation sites excluding steroid dienone is 8. The summed E-state index contributed by atoms with van der Waals surface area (Å²) < 4.78 is 27.5. The van der Waals surface area contributed by atoms with Gasteiger partial charge in [-0.3, -0.25) is 4.52 Å². The molecule has 0 spiro atoms. The number of phosphoric acid groups is 1. The van der Waals surface area contributed by atoms with Gasteiger partial charge in [-0.2, -0.15) is 0 Å². The molecule has 0 heterocycles. The first-order chi connectivity index (χ1) is 22.5. The average molecular weight is 669 g/mol. The first-order valence-electron chi connectivity index (χ1n) is 19.0. The lowest BCUT2D eigenvalue weighted by atomic mass is 10.1. The van der Waals surface area contributed by atoms with Gasteiger partial charge in [-0.25, -0.2) is 4.57 Å². The molecule has 2 N–H and O–H groups in total. The molecule has 0 radical (unpaired) electrons. The standard InChI is InChI=1S/C39H73O6P/c1-3-5-7-9-11-13-15-17-19-21-23-25-27-29-31-33-35-43-37-39(38-45-46(40,41)42)44-36-34-32-30-28-26-24-22-20-18-16-14-12-10-8-6-4-2/h11-14,17-20,39H,3-10,15-16,21-38H2,1-2H3,(H2,40,41,42)/b13-11-,14-12-,19-17-,20-18-. The normalized spacial score (nSPS) is 13.4. The summed E-state index contributed by atoms with van der Waals surface area (Å²) >= 11 is 0. The smallest absolute Gasteiger partial charge is 0.379 e. The third-order valence-corrected chi connectivity index (χ3v) is 8.41. The summed E-state index contributed by atoms with van der Waals surface area (Å²) in [6.45, 7) is 5.81. The molecule has 0 rings (SSSR count). The van der Waals surface area contributed by atoms with Gasteiger partial charge in [0, 0.05) is 13.2 Å². The SMILES string of the molecule is CCCCC/C=C\C/C=C\CCCCCCCCOCC(COP(=O)(O)O)OCCCCCCCC/C=C\C/C=C\CCCCC. The van der Waals surface area contributed by atoms with Crippen LogP contribution in [-0.4, -0.2) is 42.3 Å². The lowest BCUT2D eigenvalue weighted by molar-refractivity contribution is -0.0429. The van der Waals surface area contributed by atoms with Crippen LogP contribution < -0.4 is 0 Å². The maximum atomic E-state index is 11.2. The van der Waals surface area contributed by atoms with Crippen molar-refractivity contribution >= 4 is 7.82 Å². The van der Waals surface area contributed by atoms with Crippen molar-refractivity contribution in [2.75, 3.05) is 26.4 Å². The minimum atomic E-state index is -4.53. The van der Waals surface area contributed by atoms with Gasteiger partial charge in [-0.1, -0.05) is 140 Å². The molecule has 0 aliphatic rings. The molecule has 0 amide bonds. The molecule has 0 aromatic carbocycles. The highest BCUT2D eigenvalue weighted by molar-refractivity contribution is 7.46. The first-order valence-corrected chi connectivity index (χ1v) is 20.5. The van der Waals surface area contributed by atoms with Gasteiger partial charge in [0.2, 0.25) is 0 Å². The molecular weight excluding hydrogens is 595 g/mol. The lowest BCUT2D eigenvalue weighted by Gasteiger charge is -2.18. The zero-order valence-electron chi connectivity index (χ0n) is 30.0. The summed E-state index contributed by atoms with van der Waals surface area (Å²) in [6.07, 6.45) is 46.6. The van der Waals surface area contributed by atoms with Gasteiger partial charge in [-0.05, 0) is 77.0 Å². The average Bonchev–Trinajstić information content (AvgIpc) is 3.03. The highest BCUT2D eigenvalue weighted by Crippen LogP contribution is 2.35. The zero-order valence-corrected chi connectivity index (χ0v) is 30.9. The van der Waals surface area contributed by atoms with Crippen molar-refractivity contribution in [2.24, 2.45) is 0 Å². The molecule has 0 bridgehead atoms. The molecule has 0 saturated carbocycles. The summed E-state index contributed by atoms with van der Waals surface area (Å²) in [4.78, 5) is 18.2. The highest BCUT2D eigenvalue weighted by Gasteiger charge is 2.19. The molecule has 0 saturated heterocycles. The summed E-state index contributed by atoms with van der Waals surface area (Å²) in [5.41, 5.74) is 0. The van der Waals surface area contributed by atoms with E-state index in [1.807, 2.05) is 0 Å². The molecule has 0 fully saturated rings. The fourth-order valence-electron chi connectivity index (χ4n) is 5.07. The van der Waals surface area contributed by atoms with Gasteiger partial charge in [-0.15, -0.1) is 0 Å². The van der Waals surface area contributed by atoms with Crippen molar-refractivity contribution in [2.45, 2.75) is 174 Å². The maximum Gasteiger partial charge on any atom is 0.469 e. The Hall–Kier alpha value is -1.01. The van der Waals surface area contributed by atoms with Crippen LogP contribution in [0.5, 0.6) is 0 Å². The lowest BCUT2D eigenvalue weighted by Crippen LogP contribution is -2.26. The molecular formula is C39H73O6P. The van der Waals surface area contributed by atoms with Crippen LogP contribution in [-0.2, 0) is 18.6 Å². The van der Waals surface area contributed by atoms with Gasteiger partial charge in [0.1, 0.15) is 6.10 Å². The number of phosphoric ester groups is 1.